The Kier molecular flexibility index (Phi) is 3.63. The first-order valence-corrected chi connectivity index (χ1v) is 5.96. The van der Waals surface area contributed by atoms with Gasteiger partial charge in [-0.2, -0.15) is 5.26 Å². The van der Waals surface area contributed by atoms with E-state index in [9.17, 15) is 4.79 Å². The minimum absolute atomic E-state index is 0.0617. The zero-order valence-electron chi connectivity index (χ0n) is 10.9. The van der Waals surface area contributed by atoms with Crippen molar-refractivity contribution in [3.63, 3.8) is 0 Å². The molecule has 0 heterocycles. The largest absolute Gasteiger partial charge is 0.311 e. The first-order valence-electron chi connectivity index (χ1n) is 5.96. The van der Waals surface area contributed by atoms with Crippen LogP contribution in [-0.4, -0.2) is 13.0 Å². The monoisotopic (exact) mass is 250 g/mol. The summed E-state index contributed by atoms with van der Waals surface area (Å²) in [5.74, 6) is -0.0617. The third-order valence-corrected chi connectivity index (χ3v) is 2.95. The Bertz CT molecular complexity index is 639. The van der Waals surface area contributed by atoms with Crippen molar-refractivity contribution >= 4 is 11.6 Å². The smallest absolute Gasteiger partial charge is 0.258 e. The molecule has 0 saturated carbocycles. The molecule has 2 aromatic rings. The highest BCUT2D eigenvalue weighted by Crippen LogP contribution is 2.16. The zero-order chi connectivity index (χ0) is 13.8. The number of aryl methyl sites for hydroxylation is 1. The van der Waals surface area contributed by atoms with Gasteiger partial charge in [0.25, 0.3) is 5.91 Å². The lowest BCUT2D eigenvalue weighted by molar-refractivity contribution is 0.0993. The van der Waals surface area contributed by atoms with E-state index < -0.39 is 0 Å². The molecule has 0 aliphatic rings. The first-order chi connectivity index (χ1) is 9.11. The van der Waals surface area contributed by atoms with Crippen molar-refractivity contribution in [2.45, 2.75) is 6.92 Å². The summed E-state index contributed by atoms with van der Waals surface area (Å²) in [5, 5.41) is 8.75. The summed E-state index contributed by atoms with van der Waals surface area (Å²) in [6.45, 7) is 1.96. The van der Waals surface area contributed by atoms with Gasteiger partial charge in [-0.15, -0.1) is 0 Å². The number of carbonyl (C=O) groups excluding carboxylic acids is 1. The van der Waals surface area contributed by atoms with Crippen molar-refractivity contribution in [3.05, 3.63) is 65.2 Å². The molecule has 2 rings (SSSR count). The fourth-order valence-corrected chi connectivity index (χ4v) is 1.85. The van der Waals surface area contributed by atoms with Crippen molar-refractivity contribution in [2.24, 2.45) is 0 Å². The van der Waals surface area contributed by atoms with Crippen molar-refractivity contribution in [1.82, 2.24) is 0 Å². The Morgan fingerprint density at radius 1 is 1.16 bits per heavy atom. The van der Waals surface area contributed by atoms with Crippen LogP contribution in [0.4, 0.5) is 5.69 Å². The van der Waals surface area contributed by atoms with Gasteiger partial charge in [-0.05, 0) is 43.3 Å². The summed E-state index contributed by atoms with van der Waals surface area (Å²) in [6.07, 6.45) is 0. The fourth-order valence-electron chi connectivity index (χ4n) is 1.85. The molecule has 0 N–H and O–H groups in total. The van der Waals surface area contributed by atoms with Gasteiger partial charge < -0.3 is 4.90 Å². The van der Waals surface area contributed by atoms with E-state index in [1.54, 1.807) is 42.3 Å². The highest BCUT2D eigenvalue weighted by Gasteiger charge is 2.13. The summed E-state index contributed by atoms with van der Waals surface area (Å²) in [5.41, 5.74) is 3.07. The molecule has 3 heteroatoms. The van der Waals surface area contributed by atoms with Crippen LogP contribution in [0.2, 0.25) is 0 Å². The normalized spacial score (nSPS) is 9.74. The average molecular weight is 250 g/mol. The number of nitrogens with zero attached hydrogens (tertiary/aromatic N) is 2. The molecule has 0 aromatic heterocycles. The van der Waals surface area contributed by atoms with Gasteiger partial charge in [-0.3, -0.25) is 4.79 Å². The molecule has 94 valence electrons. The van der Waals surface area contributed by atoms with Crippen molar-refractivity contribution in [2.75, 3.05) is 11.9 Å². The molecular formula is C16H14N2O. The van der Waals surface area contributed by atoms with E-state index in [0.29, 0.717) is 11.1 Å². The molecule has 0 radical (unpaired) electrons. The molecule has 19 heavy (non-hydrogen) atoms. The SMILES string of the molecule is Cc1cccc(C(=O)N(C)c2ccc(C#N)cc2)c1. The number of amides is 1. The van der Waals surface area contributed by atoms with E-state index in [1.165, 1.54) is 0 Å². The van der Waals surface area contributed by atoms with E-state index in [-0.39, 0.29) is 5.91 Å². The molecule has 0 bridgehead atoms. The summed E-state index contributed by atoms with van der Waals surface area (Å²) < 4.78 is 0. The Morgan fingerprint density at radius 3 is 2.42 bits per heavy atom. The van der Waals surface area contributed by atoms with Crippen LogP contribution in [0.25, 0.3) is 0 Å². The first kappa shape index (κ1) is 12.8. The van der Waals surface area contributed by atoms with Crippen molar-refractivity contribution in [1.29, 1.82) is 5.26 Å². The lowest BCUT2D eigenvalue weighted by atomic mass is 10.1. The molecule has 3 nitrogen and oxygen atoms in total. The maximum atomic E-state index is 12.3. The molecule has 0 fully saturated rings. The predicted molar refractivity (Wildman–Crippen MR) is 75.1 cm³/mol. The van der Waals surface area contributed by atoms with Gasteiger partial charge in [0.2, 0.25) is 0 Å². The molecule has 0 aliphatic carbocycles. The number of nitriles is 1. The maximum Gasteiger partial charge on any atom is 0.258 e. The fraction of sp³-hybridized carbons (Fsp3) is 0.125. The molecule has 0 atom stereocenters. The van der Waals surface area contributed by atoms with Crippen molar-refractivity contribution in [3.8, 4) is 6.07 Å². The van der Waals surface area contributed by atoms with E-state index in [4.69, 9.17) is 5.26 Å². The van der Waals surface area contributed by atoms with Gasteiger partial charge in [0, 0.05) is 18.3 Å². The molecule has 0 aliphatic heterocycles. The third-order valence-electron chi connectivity index (χ3n) is 2.95. The average Bonchev–Trinajstić information content (AvgIpc) is 2.46. The minimum atomic E-state index is -0.0617. The second kappa shape index (κ2) is 5.36. The van der Waals surface area contributed by atoms with Crippen molar-refractivity contribution < 1.29 is 4.79 Å². The van der Waals surface area contributed by atoms with Gasteiger partial charge in [0.05, 0.1) is 11.6 Å². The number of hydrogen-bond donors (Lipinski definition) is 0. The van der Waals surface area contributed by atoms with Crippen LogP contribution >= 0.6 is 0 Å². The Balaban J connectivity index is 2.26. The van der Waals surface area contributed by atoms with Crippen LogP contribution < -0.4 is 4.90 Å². The molecular weight excluding hydrogens is 236 g/mol. The molecule has 2 aromatic carbocycles. The Labute approximate surface area is 112 Å². The van der Waals surface area contributed by atoms with Gasteiger partial charge in [-0.1, -0.05) is 17.7 Å². The molecule has 0 saturated heterocycles. The molecule has 0 unspecified atom stereocenters. The lowest BCUT2D eigenvalue weighted by Gasteiger charge is -2.17. The summed E-state index contributed by atoms with van der Waals surface area (Å²) in [4.78, 5) is 13.9. The van der Waals surface area contributed by atoms with Crippen LogP contribution in [0, 0.1) is 18.3 Å². The number of carbonyl (C=O) groups is 1. The minimum Gasteiger partial charge on any atom is -0.311 e. The zero-order valence-corrected chi connectivity index (χ0v) is 10.9. The summed E-state index contributed by atoms with van der Waals surface area (Å²) >= 11 is 0. The van der Waals surface area contributed by atoms with Crippen LogP contribution in [0.3, 0.4) is 0 Å². The predicted octanol–water partition coefficient (Wildman–Crippen LogP) is 3.14. The second-order valence-corrected chi connectivity index (χ2v) is 4.39. The summed E-state index contributed by atoms with van der Waals surface area (Å²) in [7, 11) is 1.73. The van der Waals surface area contributed by atoms with Crippen LogP contribution in [0.15, 0.2) is 48.5 Å². The number of benzene rings is 2. The van der Waals surface area contributed by atoms with Crippen LogP contribution in [0.1, 0.15) is 21.5 Å². The van der Waals surface area contributed by atoms with Gasteiger partial charge in [0.15, 0.2) is 0 Å². The Morgan fingerprint density at radius 2 is 1.84 bits per heavy atom. The van der Waals surface area contributed by atoms with Crippen LogP contribution in [-0.2, 0) is 0 Å². The second-order valence-electron chi connectivity index (χ2n) is 4.39. The molecule has 0 spiro atoms. The van der Waals surface area contributed by atoms with Gasteiger partial charge in [0.1, 0.15) is 0 Å². The topological polar surface area (TPSA) is 44.1 Å². The quantitative estimate of drug-likeness (QED) is 0.821. The number of anilines is 1. The van der Waals surface area contributed by atoms with Gasteiger partial charge >= 0.3 is 0 Å². The number of rotatable bonds is 2. The highest BCUT2D eigenvalue weighted by atomic mass is 16.2. The van der Waals surface area contributed by atoms with Crippen LogP contribution in [0.5, 0.6) is 0 Å². The molecule has 1 amide bonds. The van der Waals surface area contributed by atoms with E-state index in [0.717, 1.165) is 11.3 Å². The summed E-state index contributed by atoms with van der Waals surface area (Å²) in [6, 6.07) is 16.5. The Hall–Kier alpha value is -2.60. The number of hydrogen-bond acceptors (Lipinski definition) is 2. The highest BCUT2D eigenvalue weighted by molar-refractivity contribution is 6.05. The lowest BCUT2D eigenvalue weighted by Crippen LogP contribution is -2.26. The van der Waals surface area contributed by atoms with E-state index in [2.05, 4.69) is 6.07 Å². The standard InChI is InChI=1S/C16H14N2O/c1-12-4-3-5-14(10-12)16(19)18(2)15-8-6-13(11-17)7-9-15/h3-10H,1-2H3. The van der Waals surface area contributed by atoms with Gasteiger partial charge in [-0.25, -0.2) is 0 Å². The van der Waals surface area contributed by atoms with E-state index >= 15 is 0 Å². The van der Waals surface area contributed by atoms with E-state index in [1.807, 2.05) is 25.1 Å². The maximum absolute atomic E-state index is 12.3. The third kappa shape index (κ3) is 2.80.